The van der Waals surface area contributed by atoms with Crippen LogP contribution in [0.5, 0.6) is 0 Å². The molecular weight excluding hydrogens is 787 g/mol. The normalized spacial score (nSPS) is 14.2. The van der Waals surface area contributed by atoms with E-state index in [9.17, 15) is 42.0 Å². The topological polar surface area (TPSA) is 340 Å². The van der Waals surface area contributed by atoms with E-state index in [0.717, 1.165) is 0 Å². The molecule has 0 saturated heterocycles. The second-order valence-electron chi connectivity index (χ2n) is 14.0. The first-order valence-electron chi connectivity index (χ1n) is 19.1. The van der Waals surface area contributed by atoms with E-state index < -0.39 is 99.8 Å². The SMILES string of the molecule is CCC(C)[C@@H](NS(=O)(=O)Cc1ccccc1)C(=O)N[C@@H](CCC(N)=O)C(=O)NC(CCCCNC(=N)N)C(=O)N[C@H](C(=O)N[C@@H](C)C(=O)NCC(N)=O)c1ccccc1. The summed E-state index contributed by atoms with van der Waals surface area (Å²) in [6.07, 6.45) is 0.367. The zero-order valence-corrected chi connectivity index (χ0v) is 34.2. The fourth-order valence-corrected chi connectivity index (χ4v) is 7.07. The molecule has 0 saturated carbocycles. The van der Waals surface area contributed by atoms with Crippen molar-refractivity contribution in [3.05, 3.63) is 71.8 Å². The summed E-state index contributed by atoms with van der Waals surface area (Å²) in [7, 11) is -4.07. The van der Waals surface area contributed by atoms with Gasteiger partial charge >= 0.3 is 0 Å². The standard InChI is InChI=1S/C38H57N11O9S/c1-4-23(2)31(49-59(57,58)22-25-13-7-5-8-14-25)36(55)47-28(18-19-29(39)50)34(53)46-27(17-11-12-20-43-38(41)42)35(54)48-32(26-15-9-6-10-16-26)37(56)45-24(3)33(52)44-21-30(40)51/h5-10,13-16,23-24,27-28,31-32,49H,4,11-12,17-22H2,1-3H3,(H2,39,50)(H2,40,51)(H,44,52)(H,45,56)(H,46,53)(H,47,55)(H,48,54)(H4,41,42,43)/t23?,24-,27?,28-,31+,32-/m0/s1. The Kier molecular flexibility index (Phi) is 20.5. The van der Waals surface area contributed by atoms with Gasteiger partial charge in [0.05, 0.1) is 12.3 Å². The highest BCUT2D eigenvalue weighted by Gasteiger charge is 2.34. The van der Waals surface area contributed by atoms with Gasteiger partial charge in [-0.3, -0.25) is 39.0 Å². The number of nitrogens with one attached hydrogen (secondary N) is 8. The highest BCUT2D eigenvalue weighted by molar-refractivity contribution is 7.88. The summed E-state index contributed by atoms with van der Waals surface area (Å²) in [6, 6.07) is 9.66. The third-order valence-electron chi connectivity index (χ3n) is 9.05. The average molecular weight is 844 g/mol. The van der Waals surface area contributed by atoms with Crippen LogP contribution >= 0.6 is 0 Å². The molecule has 2 rings (SSSR count). The first-order valence-corrected chi connectivity index (χ1v) is 20.7. The fourth-order valence-electron chi connectivity index (χ4n) is 5.63. The van der Waals surface area contributed by atoms with E-state index in [1.54, 1.807) is 74.5 Å². The van der Waals surface area contributed by atoms with Gasteiger partial charge in [0.15, 0.2) is 5.96 Å². The van der Waals surface area contributed by atoms with E-state index in [1.807, 2.05) is 0 Å². The quantitative estimate of drug-likeness (QED) is 0.0290. The van der Waals surface area contributed by atoms with Crippen molar-refractivity contribution in [3.8, 4) is 0 Å². The molecule has 0 aromatic heterocycles. The lowest BCUT2D eigenvalue weighted by Gasteiger charge is -2.28. The Morgan fingerprint density at radius 1 is 0.678 bits per heavy atom. The number of carbonyl (C=O) groups is 7. The van der Waals surface area contributed by atoms with Gasteiger partial charge in [0.25, 0.3) is 0 Å². The Bertz CT molecular complexity index is 1870. The molecule has 0 bridgehead atoms. The molecule has 20 nitrogen and oxygen atoms in total. The minimum absolute atomic E-state index is 0.0164. The number of sulfonamides is 1. The van der Waals surface area contributed by atoms with Crippen molar-refractivity contribution in [1.29, 1.82) is 5.41 Å². The van der Waals surface area contributed by atoms with Crippen LogP contribution in [0.4, 0.5) is 0 Å². The predicted octanol–water partition coefficient (Wildman–Crippen LogP) is -1.63. The lowest BCUT2D eigenvalue weighted by Crippen LogP contribution is -2.58. The number of benzene rings is 2. The highest BCUT2D eigenvalue weighted by atomic mass is 32.2. The summed E-state index contributed by atoms with van der Waals surface area (Å²) in [4.78, 5) is 90.9. The molecule has 0 spiro atoms. The minimum atomic E-state index is -4.07. The lowest BCUT2D eigenvalue weighted by atomic mass is 9.98. The first-order chi connectivity index (χ1) is 27.8. The summed E-state index contributed by atoms with van der Waals surface area (Å²) in [5, 5.41) is 22.6. The van der Waals surface area contributed by atoms with Gasteiger partial charge in [-0.15, -0.1) is 0 Å². The number of carbonyl (C=O) groups excluding carboxylic acids is 7. The molecule has 0 heterocycles. The molecule has 2 aromatic rings. The molecule has 0 aliphatic rings. The molecule has 0 aliphatic carbocycles. The van der Waals surface area contributed by atoms with E-state index in [4.69, 9.17) is 22.6 Å². The number of unbranched alkanes of at least 4 members (excludes halogenated alkanes) is 1. The summed E-state index contributed by atoms with van der Waals surface area (Å²) in [5.74, 6) is -6.94. The molecular formula is C38H57N11O9S. The Morgan fingerprint density at radius 2 is 1.25 bits per heavy atom. The molecule has 0 aliphatic heterocycles. The van der Waals surface area contributed by atoms with E-state index in [2.05, 4.69) is 36.6 Å². The van der Waals surface area contributed by atoms with Gasteiger partial charge in [-0.25, -0.2) is 13.1 Å². The van der Waals surface area contributed by atoms with Crippen LogP contribution in [-0.4, -0.2) is 93.0 Å². The monoisotopic (exact) mass is 843 g/mol. The van der Waals surface area contributed by atoms with Gasteiger partial charge in [0.1, 0.15) is 30.2 Å². The van der Waals surface area contributed by atoms with Crippen molar-refractivity contribution in [2.75, 3.05) is 13.1 Å². The van der Waals surface area contributed by atoms with E-state index in [-0.39, 0.29) is 38.2 Å². The minimum Gasteiger partial charge on any atom is -0.370 e. The van der Waals surface area contributed by atoms with Crippen LogP contribution in [0.2, 0.25) is 0 Å². The zero-order chi connectivity index (χ0) is 44.1. The van der Waals surface area contributed by atoms with Gasteiger partial charge in [-0.05, 0) is 49.7 Å². The summed E-state index contributed by atoms with van der Waals surface area (Å²) >= 11 is 0. The lowest BCUT2D eigenvalue weighted by molar-refractivity contribution is -0.135. The third-order valence-corrected chi connectivity index (χ3v) is 10.4. The molecule has 7 amide bonds. The fraction of sp³-hybridized carbons (Fsp3) is 0.474. The average Bonchev–Trinajstić information content (AvgIpc) is 3.18. The molecule has 21 heteroatoms. The second kappa shape index (κ2) is 24.6. The number of nitrogens with two attached hydrogens (primary N) is 3. The molecule has 2 aromatic carbocycles. The maximum absolute atomic E-state index is 14.0. The Labute approximate surface area is 343 Å². The Hall–Kier alpha value is -6.09. The van der Waals surface area contributed by atoms with Crippen molar-refractivity contribution >= 4 is 57.3 Å². The van der Waals surface area contributed by atoms with Crippen LogP contribution in [0.1, 0.15) is 76.5 Å². The first kappa shape index (κ1) is 49.1. The predicted molar refractivity (Wildman–Crippen MR) is 219 cm³/mol. The summed E-state index contributed by atoms with van der Waals surface area (Å²) in [5.41, 5.74) is 16.7. The van der Waals surface area contributed by atoms with Crippen molar-refractivity contribution < 1.29 is 42.0 Å². The second-order valence-corrected chi connectivity index (χ2v) is 15.7. The van der Waals surface area contributed by atoms with Crippen LogP contribution < -0.4 is 53.8 Å². The summed E-state index contributed by atoms with van der Waals surface area (Å²) < 4.78 is 28.8. The number of rotatable bonds is 26. The van der Waals surface area contributed by atoms with Gasteiger partial charge < -0.3 is 49.1 Å². The Morgan fingerprint density at radius 3 is 1.83 bits per heavy atom. The smallest absolute Gasteiger partial charge is 0.247 e. The number of hydrogen-bond acceptors (Lipinski definition) is 10. The molecule has 0 fully saturated rings. The van der Waals surface area contributed by atoms with Crippen LogP contribution in [0, 0.1) is 11.3 Å². The van der Waals surface area contributed by atoms with E-state index in [1.165, 1.54) is 6.92 Å². The van der Waals surface area contributed by atoms with E-state index >= 15 is 0 Å². The zero-order valence-electron chi connectivity index (χ0n) is 33.4. The molecule has 6 atom stereocenters. The van der Waals surface area contributed by atoms with Crippen LogP contribution in [0.3, 0.4) is 0 Å². The van der Waals surface area contributed by atoms with Gasteiger partial charge in [-0.2, -0.15) is 0 Å². The number of guanidine groups is 1. The number of hydrogen-bond donors (Lipinski definition) is 11. The number of amides is 7. The van der Waals surface area contributed by atoms with E-state index in [0.29, 0.717) is 24.0 Å². The van der Waals surface area contributed by atoms with Crippen LogP contribution in [0.15, 0.2) is 60.7 Å². The Balaban J connectivity index is 2.40. The van der Waals surface area contributed by atoms with Gasteiger partial charge in [0.2, 0.25) is 51.4 Å². The maximum atomic E-state index is 14.0. The molecule has 59 heavy (non-hydrogen) atoms. The van der Waals surface area contributed by atoms with Crippen molar-refractivity contribution in [2.45, 2.75) is 95.3 Å². The molecule has 2 unspecified atom stereocenters. The van der Waals surface area contributed by atoms with Gasteiger partial charge in [-0.1, -0.05) is 80.9 Å². The maximum Gasteiger partial charge on any atom is 0.247 e. The molecule has 14 N–H and O–H groups in total. The number of primary amides is 2. The van der Waals surface area contributed by atoms with Crippen molar-refractivity contribution in [2.24, 2.45) is 23.1 Å². The van der Waals surface area contributed by atoms with Crippen molar-refractivity contribution in [1.82, 2.24) is 36.6 Å². The largest absolute Gasteiger partial charge is 0.370 e. The summed E-state index contributed by atoms with van der Waals surface area (Å²) in [6.45, 7) is 4.56. The van der Waals surface area contributed by atoms with Gasteiger partial charge in [0, 0.05) is 13.0 Å². The third kappa shape index (κ3) is 18.4. The highest BCUT2D eigenvalue weighted by Crippen LogP contribution is 2.16. The molecule has 324 valence electrons. The molecule has 0 radical (unpaired) electrons. The van der Waals surface area contributed by atoms with Crippen LogP contribution in [-0.2, 0) is 49.3 Å². The van der Waals surface area contributed by atoms with Crippen LogP contribution in [0.25, 0.3) is 0 Å². The van der Waals surface area contributed by atoms with Crippen molar-refractivity contribution in [3.63, 3.8) is 0 Å².